The molecule has 0 saturated carbocycles. The molecule has 1 N–H and O–H groups in total. The highest BCUT2D eigenvalue weighted by Gasteiger charge is 2.14. The van der Waals surface area contributed by atoms with E-state index in [0.717, 1.165) is 0 Å². The Morgan fingerprint density at radius 1 is 1.54 bits per heavy atom. The fourth-order valence-corrected chi connectivity index (χ4v) is 1.52. The van der Waals surface area contributed by atoms with E-state index in [1.807, 2.05) is 0 Å². The summed E-state index contributed by atoms with van der Waals surface area (Å²) < 4.78 is 0.442. The summed E-state index contributed by atoms with van der Waals surface area (Å²) in [5, 5.41) is 9.25. The van der Waals surface area contributed by atoms with Gasteiger partial charge in [-0.2, -0.15) is 0 Å². The van der Waals surface area contributed by atoms with Gasteiger partial charge in [0.15, 0.2) is 10.9 Å². The number of rotatable bonds is 2. The van der Waals surface area contributed by atoms with Crippen molar-refractivity contribution in [2.75, 3.05) is 6.26 Å². The molecule has 0 aliphatic heterocycles. The fraction of sp³-hybridized carbons (Fsp3) is 0.286. The summed E-state index contributed by atoms with van der Waals surface area (Å²) in [6.45, 7) is 1.73. The molecule has 0 radical (unpaired) electrons. The second-order valence-electron chi connectivity index (χ2n) is 2.26. The molecule has 0 atom stereocenters. The molecule has 0 amide bonds. The number of aromatic nitrogens is 2. The molecule has 1 aromatic heterocycles. The van der Waals surface area contributed by atoms with Gasteiger partial charge >= 0.3 is 5.97 Å². The minimum atomic E-state index is -1.05. The van der Waals surface area contributed by atoms with Crippen LogP contribution in [0.15, 0.2) is 9.63 Å². The van der Waals surface area contributed by atoms with Crippen molar-refractivity contribution in [1.82, 2.24) is 9.97 Å². The Morgan fingerprint density at radius 3 is 2.62 bits per heavy atom. The molecule has 70 valence electrons. The summed E-state index contributed by atoms with van der Waals surface area (Å²) in [6.07, 6.45) is 1.80. The minimum Gasteiger partial charge on any atom is -0.476 e. The van der Waals surface area contributed by atoms with Crippen LogP contribution < -0.4 is 0 Å². The summed E-state index contributed by atoms with van der Waals surface area (Å²) in [5.74, 6) is -1.05. The van der Waals surface area contributed by atoms with Crippen LogP contribution in [0.1, 0.15) is 16.2 Å². The smallest absolute Gasteiger partial charge is 0.355 e. The van der Waals surface area contributed by atoms with Crippen LogP contribution in [0.5, 0.6) is 0 Å². The van der Waals surface area contributed by atoms with Crippen molar-refractivity contribution in [1.29, 1.82) is 0 Å². The molecule has 0 saturated heterocycles. The van der Waals surface area contributed by atoms with Crippen LogP contribution in [-0.4, -0.2) is 27.3 Å². The summed E-state index contributed by atoms with van der Waals surface area (Å²) in [6, 6.07) is 0. The van der Waals surface area contributed by atoms with Crippen molar-refractivity contribution in [2.45, 2.75) is 12.1 Å². The lowest BCUT2D eigenvalue weighted by atomic mass is 10.3. The van der Waals surface area contributed by atoms with Crippen LogP contribution in [0.4, 0.5) is 0 Å². The Kier molecular flexibility index (Phi) is 3.27. The highest BCUT2D eigenvalue weighted by molar-refractivity contribution is 9.10. The van der Waals surface area contributed by atoms with Gasteiger partial charge in [-0.1, -0.05) is 11.8 Å². The average molecular weight is 263 g/mol. The summed E-state index contributed by atoms with van der Waals surface area (Å²) in [5.41, 5.74) is 0.647. The van der Waals surface area contributed by atoms with E-state index < -0.39 is 5.97 Å². The zero-order valence-corrected chi connectivity index (χ0v) is 9.44. The Labute approximate surface area is 87.9 Å². The van der Waals surface area contributed by atoms with Crippen molar-refractivity contribution in [2.24, 2.45) is 0 Å². The van der Waals surface area contributed by atoms with E-state index in [1.54, 1.807) is 13.2 Å². The van der Waals surface area contributed by atoms with E-state index in [9.17, 15) is 4.79 Å². The molecule has 6 heteroatoms. The minimum absolute atomic E-state index is 0.0110. The van der Waals surface area contributed by atoms with Crippen LogP contribution in [-0.2, 0) is 0 Å². The van der Waals surface area contributed by atoms with Crippen LogP contribution in [0, 0.1) is 6.92 Å². The topological polar surface area (TPSA) is 63.1 Å². The molecular weight excluding hydrogens is 256 g/mol. The first-order chi connectivity index (χ1) is 6.06. The molecule has 0 aliphatic carbocycles. The largest absolute Gasteiger partial charge is 0.476 e. The molecule has 0 unspecified atom stereocenters. The predicted octanol–water partition coefficient (Wildman–Crippen LogP) is 1.97. The van der Waals surface area contributed by atoms with E-state index in [4.69, 9.17) is 5.11 Å². The van der Waals surface area contributed by atoms with Crippen LogP contribution in [0.3, 0.4) is 0 Å². The first kappa shape index (κ1) is 10.5. The Bertz CT molecular complexity index is 357. The molecule has 1 rings (SSSR count). The van der Waals surface area contributed by atoms with E-state index in [2.05, 4.69) is 25.9 Å². The lowest BCUT2D eigenvalue weighted by Crippen LogP contribution is -2.05. The van der Waals surface area contributed by atoms with Gasteiger partial charge in [0.05, 0.1) is 10.2 Å². The second-order valence-corrected chi connectivity index (χ2v) is 3.83. The standard InChI is InChI=1S/C7H7BrN2O2S/c1-3-4(8)5(6(11)12)10-7(9-3)13-2/h1-2H3,(H,11,12). The van der Waals surface area contributed by atoms with Gasteiger partial charge in [0, 0.05) is 0 Å². The lowest BCUT2D eigenvalue weighted by Gasteiger charge is -2.03. The second kappa shape index (κ2) is 4.06. The Morgan fingerprint density at radius 2 is 2.15 bits per heavy atom. The molecule has 4 nitrogen and oxygen atoms in total. The third-order valence-electron chi connectivity index (χ3n) is 1.38. The maximum Gasteiger partial charge on any atom is 0.355 e. The van der Waals surface area contributed by atoms with Gasteiger partial charge in [-0.3, -0.25) is 0 Å². The van der Waals surface area contributed by atoms with Gasteiger partial charge in [-0.15, -0.1) is 0 Å². The Hall–Kier alpha value is -0.620. The SMILES string of the molecule is CSc1nc(C)c(Br)c(C(=O)O)n1. The molecule has 0 bridgehead atoms. The van der Waals surface area contributed by atoms with Crippen LogP contribution in [0.2, 0.25) is 0 Å². The number of aryl methyl sites for hydroxylation is 1. The van der Waals surface area contributed by atoms with Crippen LogP contribution >= 0.6 is 27.7 Å². The number of halogens is 1. The zero-order chi connectivity index (χ0) is 10.0. The van der Waals surface area contributed by atoms with Gasteiger partial charge < -0.3 is 5.11 Å². The number of carboxylic acid groups (broad SMARTS) is 1. The molecule has 0 fully saturated rings. The Balaban J connectivity index is 3.33. The maximum atomic E-state index is 10.7. The van der Waals surface area contributed by atoms with E-state index >= 15 is 0 Å². The molecule has 13 heavy (non-hydrogen) atoms. The van der Waals surface area contributed by atoms with Gasteiger partial charge in [-0.25, -0.2) is 14.8 Å². The van der Waals surface area contributed by atoms with Crippen LogP contribution in [0.25, 0.3) is 0 Å². The van der Waals surface area contributed by atoms with Crippen molar-refractivity contribution < 1.29 is 9.90 Å². The third-order valence-corrected chi connectivity index (χ3v) is 2.88. The average Bonchev–Trinajstić information content (AvgIpc) is 2.09. The summed E-state index contributed by atoms with van der Waals surface area (Å²) in [4.78, 5) is 18.6. The number of carbonyl (C=O) groups is 1. The van der Waals surface area contributed by atoms with Gasteiger partial charge in [0.1, 0.15) is 0 Å². The van der Waals surface area contributed by atoms with Gasteiger partial charge in [0.25, 0.3) is 0 Å². The molecule has 0 aliphatic rings. The molecule has 1 heterocycles. The number of aromatic carboxylic acids is 1. The van der Waals surface area contributed by atoms with Gasteiger partial charge in [0.2, 0.25) is 0 Å². The number of carboxylic acids is 1. The highest BCUT2D eigenvalue weighted by atomic mass is 79.9. The van der Waals surface area contributed by atoms with Crippen molar-refractivity contribution >= 4 is 33.7 Å². The number of nitrogens with zero attached hydrogens (tertiary/aromatic N) is 2. The van der Waals surface area contributed by atoms with Gasteiger partial charge in [-0.05, 0) is 29.1 Å². The number of hydrogen-bond donors (Lipinski definition) is 1. The monoisotopic (exact) mass is 262 g/mol. The first-order valence-electron chi connectivity index (χ1n) is 3.37. The predicted molar refractivity (Wildman–Crippen MR) is 53.2 cm³/mol. The molecule has 1 aromatic rings. The van der Waals surface area contributed by atoms with Crippen molar-refractivity contribution in [3.05, 3.63) is 15.9 Å². The van der Waals surface area contributed by atoms with Crippen molar-refractivity contribution in [3.63, 3.8) is 0 Å². The van der Waals surface area contributed by atoms with E-state index in [1.165, 1.54) is 11.8 Å². The van der Waals surface area contributed by atoms with E-state index in [-0.39, 0.29) is 5.69 Å². The van der Waals surface area contributed by atoms with E-state index in [0.29, 0.717) is 15.3 Å². The quantitative estimate of drug-likeness (QED) is 0.652. The third kappa shape index (κ3) is 2.19. The number of hydrogen-bond acceptors (Lipinski definition) is 4. The zero-order valence-electron chi connectivity index (χ0n) is 7.04. The molecule has 0 aromatic carbocycles. The van der Waals surface area contributed by atoms with Crippen molar-refractivity contribution in [3.8, 4) is 0 Å². The molecular formula is C7H7BrN2O2S. The summed E-state index contributed by atoms with van der Waals surface area (Å²) >= 11 is 4.45. The summed E-state index contributed by atoms with van der Waals surface area (Å²) in [7, 11) is 0. The highest BCUT2D eigenvalue weighted by Crippen LogP contribution is 2.21. The molecule has 0 spiro atoms. The number of thioether (sulfide) groups is 1. The first-order valence-corrected chi connectivity index (χ1v) is 5.39. The maximum absolute atomic E-state index is 10.7. The lowest BCUT2D eigenvalue weighted by molar-refractivity contribution is 0.0688. The normalized spacial score (nSPS) is 10.1. The fourth-order valence-electron chi connectivity index (χ4n) is 0.767.